The monoisotopic (exact) mass is 515 g/mol. The molecule has 7 nitrogen and oxygen atoms in total. The van der Waals surface area contributed by atoms with Crippen molar-refractivity contribution in [3.8, 4) is 17.0 Å². The van der Waals surface area contributed by atoms with Gasteiger partial charge in [0.15, 0.2) is 5.75 Å². The summed E-state index contributed by atoms with van der Waals surface area (Å²) in [5, 5.41) is 13.9. The van der Waals surface area contributed by atoms with Crippen molar-refractivity contribution in [3.63, 3.8) is 0 Å². The van der Waals surface area contributed by atoms with Crippen molar-refractivity contribution < 1.29 is 9.90 Å². The molecule has 0 aliphatic heterocycles. The van der Waals surface area contributed by atoms with Crippen molar-refractivity contribution in [1.29, 1.82) is 0 Å². The number of phenolic OH excluding ortho intramolecular Hbond substituents is 1. The van der Waals surface area contributed by atoms with Crippen LogP contribution in [0.15, 0.2) is 30.5 Å². The molecule has 2 aromatic heterocycles. The SMILES string of the molecule is CN(C)CC1CCC(Nc2c(C(=O)N(C)C)cnc3ccc(-c4cc(Cl)c(O)c(Cl)c4)nc23)CC1. The van der Waals surface area contributed by atoms with Gasteiger partial charge in [-0.2, -0.15) is 0 Å². The third-order valence-electron chi connectivity index (χ3n) is 6.48. The van der Waals surface area contributed by atoms with Crippen LogP contribution in [-0.4, -0.2) is 71.6 Å². The van der Waals surface area contributed by atoms with Gasteiger partial charge in [-0.15, -0.1) is 0 Å². The van der Waals surface area contributed by atoms with Crippen LogP contribution in [0.4, 0.5) is 5.69 Å². The molecule has 0 radical (unpaired) electrons. The van der Waals surface area contributed by atoms with Gasteiger partial charge in [-0.1, -0.05) is 23.2 Å². The molecular weight excluding hydrogens is 485 g/mol. The lowest BCUT2D eigenvalue weighted by molar-refractivity contribution is 0.0828. The van der Waals surface area contributed by atoms with Crippen molar-refractivity contribution >= 4 is 45.8 Å². The van der Waals surface area contributed by atoms with E-state index in [0.717, 1.165) is 32.2 Å². The van der Waals surface area contributed by atoms with Gasteiger partial charge >= 0.3 is 0 Å². The van der Waals surface area contributed by atoms with E-state index in [1.807, 2.05) is 12.1 Å². The number of phenols is 1. The number of nitrogens with one attached hydrogen (secondary N) is 1. The molecule has 186 valence electrons. The highest BCUT2D eigenvalue weighted by Gasteiger charge is 2.25. The molecule has 3 aromatic rings. The molecule has 35 heavy (non-hydrogen) atoms. The van der Waals surface area contributed by atoms with Gasteiger partial charge in [0.25, 0.3) is 5.91 Å². The maximum atomic E-state index is 13.1. The van der Waals surface area contributed by atoms with Gasteiger partial charge in [0.2, 0.25) is 0 Å². The molecule has 0 bridgehead atoms. The highest BCUT2D eigenvalue weighted by molar-refractivity contribution is 6.37. The normalized spacial score (nSPS) is 18.1. The van der Waals surface area contributed by atoms with Gasteiger partial charge in [-0.25, -0.2) is 4.98 Å². The van der Waals surface area contributed by atoms with Crippen LogP contribution in [0.3, 0.4) is 0 Å². The Bertz CT molecular complexity index is 1220. The highest BCUT2D eigenvalue weighted by Crippen LogP contribution is 2.37. The number of hydrogen-bond acceptors (Lipinski definition) is 6. The first-order chi connectivity index (χ1) is 16.6. The summed E-state index contributed by atoms with van der Waals surface area (Å²) in [7, 11) is 7.69. The van der Waals surface area contributed by atoms with Crippen molar-refractivity contribution in [2.24, 2.45) is 5.92 Å². The van der Waals surface area contributed by atoms with E-state index in [0.29, 0.717) is 39.5 Å². The first-order valence-electron chi connectivity index (χ1n) is 11.7. The van der Waals surface area contributed by atoms with Gasteiger partial charge in [0.05, 0.1) is 32.5 Å². The summed E-state index contributed by atoms with van der Waals surface area (Å²) >= 11 is 12.3. The van der Waals surface area contributed by atoms with E-state index < -0.39 is 0 Å². The Balaban J connectivity index is 1.75. The predicted octanol–water partition coefficient (Wildman–Crippen LogP) is 5.54. The van der Waals surface area contributed by atoms with E-state index in [2.05, 4.69) is 29.3 Å². The predicted molar refractivity (Wildman–Crippen MR) is 143 cm³/mol. The van der Waals surface area contributed by atoms with E-state index in [1.54, 1.807) is 37.3 Å². The summed E-state index contributed by atoms with van der Waals surface area (Å²) < 4.78 is 0. The largest absolute Gasteiger partial charge is 0.505 e. The van der Waals surface area contributed by atoms with Crippen molar-refractivity contribution in [1.82, 2.24) is 19.8 Å². The molecule has 0 atom stereocenters. The van der Waals surface area contributed by atoms with Crippen molar-refractivity contribution in [2.45, 2.75) is 31.7 Å². The maximum absolute atomic E-state index is 13.1. The molecule has 2 heterocycles. The van der Waals surface area contributed by atoms with Crippen LogP contribution in [0.5, 0.6) is 5.75 Å². The molecule has 1 aliphatic carbocycles. The summed E-state index contributed by atoms with van der Waals surface area (Å²) in [4.78, 5) is 26.2. The van der Waals surface area contributed by atoms with Crippen LogP contribution in [0, 0.1) is 5.92 Å². The molecule has 9 heteroatoms. The highest BCUT2D eigenvalue weighted by atomic mass is 35.5. The lowest BCUT2D eigenvalue weighted by Crippen LogP contribution is -2.32. The third kappa shape index (κ3) is 5.63. The van der Waals surface area contributed by atoms with Gasteiger partial charge in [-0.3, -0.25) is 9.78 Å². The fourth-order valence-electron chi connectivity index (χ4n) is 4.70. The van der Waals surface area contributed by atoms with Gasteiger partial charge in [0.1, 0.15) is 5.52 Å². The van der Waals surface area contributed by atoms with E-state index >= 15 is 0 Å². The second-order valence-corrected chi connectivity index (χ2v) is 10.5. The summed E-state index contributed by atoms with van der Waals surface area (Å²) in [5.74, 6) is 0.394. The van der Waals surface area contributed by atoms with E-state index in [4.69, 9.17) is 28.2 Å². The number of amides is 1. The van der Waals surface area contributed by atoms with Crippen LogP contribution in [-0.2, 0) is 0 Å². The zero-order chi connectivity index (χ0) is 25.3. The second-order valence-electron chi connectivity index (χ2n) is 9.72. The standard InChI is InChI=1S/C26H31Cl2N5O2/c1-32(2)14-15-5-7-17(8-6-15)30-23-18(26(35)33(3)4)13-29-22-10-9-21(31-24(22)23)16-11-19(27)25(34)20(28)12-16/h9-13,15,17,34H,5-8,14H2,1-4H3,(H,29,30). The Morgan fingerprint density at radius 2 is 1.74 bits per heavy atom. The number of halogens is 2. The number of aromatic hydroxyl groups is 1. The summed E-state index contributed by atoms with van der Waals surface area (Å²) in [6.45, 7) is 1.10. The smallest absolute Gasteiger partial charge is 0.257 e. The van der Waals surface area contributed by atoms with Crippen LogP contribution >= 0.6 is 23.2 Å². The topological polar surface area (TPSA) is 81.6 Å². The molecule has 0 saturated heterocycles. The van der Waals surface area contributed by atoms with Crippen molar-refractivity contribution in [2.75, 3.05) is 40.1 Å². The Labute approximate surface area is 216 Å². The number of rotatable bonds is 6. The zero-order valence-corrected chi connectivity index (χ0v) is 22.0. The van der Waals surface area contributed by atoms with E-state index in [9.17, 15) is 9.90 Å². The molecule has 1 aromatic carbocycles. The fraction of sp³-hybridized carbons (Fsp3) is 0.423. The Kier molecular flexibility index (Phi) is 7.69. The third-order valence-corrected chi connectivity index (χ3v) is 7.06. The maximum Gasteiger partial charge on any atom is 0.257 e. The number of pyridine rings is 2. The molecule has 1 aliphatic rings. The summed E-state index contributed by atoms with van der Waals surface area (Å²) in [5.41, 5.74) is 3.77. The van der Waals surface area contributed by atoms with Crippen LogP contribution in [0.25, 0.3) is 22.3 Å². The van der Waals surface area contributed by atoms with Gasteiger partial charge in [-0.05, 0) is 70.0 Å². The molecule has 1 fully saturated rings. The fourth-order valence-corrected chi connectivity index (χ4v) is 5.19. The second kappa shape index (κ2) is 10.6. The first-order valence-corrected chi connectivity index (χ1v) is 12.5. The molecule has 1 amide bonds. The average molecular weight is 516 g/mol. The summed E-state index contributed by atoms with van der Waals surface area (Å²) in [6, 6.07) is 7.19. The Morgan fingerprint density at radius 3 is 2.34 bits per heavy atom. The minimum absolute atomic E-state index is 0.133. The molecule has 0 spiro atoms. The lowest BCUT2D eigenvalue weighted by atomic mass is 9.85. The number of carbonyl (C=O) groups excluding carboxylic acids is 1. The average Bonchev–Trinajstić information content (AvgIpc) is 2.82. The van der Waals surface area contributed by atoms with Crippen molar-refractivity contribution in [3.05, 3.63) is 46.1 Å². The first kappa shape index (κ1) is 25.5. The molecule has 4 rings (SSSR count). The number of anilines is 1. The molecule has 2 N–H and O–H groups in total. The van der Waals surface area contributed by atoms with E-state index in [-0.39, 0.29) is 27.7 Å². The zero-order valence-electron chi connectivity index (χ0n) is 20.5. The minimum atomic E-state index is -0.161. The quantitative estimate of drug-likeness (QED) is 0.448. The van der Waals surface area contributed by atoms with Gasteiger partial charge < -0.3 is 20.2 Å². The number of fused-ring (bicyclic) bond motifs is 1. The van der Waals surface area contributed by atoms with Crippen LogP contribution in [0.2, 0.25) is 10.0 Å². The number of benzene rings is 1. The van der Waals surface area contributed by atoms with E-state index in [1.165, 1.54) is 0 Å². The lowest BCUT2D eigenvalue weighted by Gasteiger charge is -2.32. The summed E-state index contributed by atoms with van der Waals surface area (Å²) in [6.07, 6.45) is 5.96. The van der Waals surface area contributed by atoms with Crippen LogP contribution < -0.4 is 5.32 Å². The Hall–Kier alpha value is -2.61. The minimum Gasteiger partial charge on any atom is -0.505 e. The molecule has 0 unspecified atom stereocenters. The van der Waals surface area contributed by atoms with Gasteiger partial charge in [0, 0.05) is 38.4 Å². The number of hydrogen-bond donors (Lipinski definition) is 2. The van der Waals surface area contributed by atoms with Crippen LogP contribution in [0.1, 0.15) is 36.0 Å². The Morgan fingerprint density at radius 1 is 1.09 bits per heavy atom. The molecule has 1 saturated carbocycles. The number of carbonyl (C=O) groups is 1. The number of aromatic nitrogens is 2. The number of nitrogens with zero attached hydrogens (tertiary/aromatic N) is 4. The molecular formula is C26H31Cl2N5O2.